The molecule has 0 amide bonds. The molecular formula is C10H10IN. The van der Waals surface area contributed by atoms with Crippen molar-refractivity contribution >= 4 is 33.5 Å². The van der Waals surface area contributed by atoms with Gasteiger partial charge in [-0.15, -0.1) is 0 Å². The van der Waals surface area contributed by atoms with Gasteiger partial charge in [0.1, 0.15) is 0 Å². The van der Waals surface area contributed by atoms with E-state index in [2.05, 4.69) is 58.9 Å². The van der Waals surface area contributed by atoms with Crippen LogP contribution in [-0.4, -0.2) is 4.98 Å². The van der Waals surface area contributed by atoms with Crippen LogP contribution in [0, 0.1) is 3.57 Å². The fourth-order valence-electron chi connectivity index (χ4n) is 1.48. The van der Waals surface area contributed by atoms with E-state index in [4.69, 9.17) is 0 Å². The highest BCUT2D eigenvalue weighted by molar-refractivity contribution is 14.1. The van der Waals surface area contributed by atoms with E-state index in [1.807, 2.05) is 0 Å². The first-order valence-electron chi connectivity index (χ1n) is 4.07. The Balaban J connectivity index is 2.81. The predicted molar refractivity (Wildman–Crippen MR) is 60.4 cm³/mol. The van der Waals surface area contributed by atoms with Crippen molar-refractivity contribution in [3.8, 4) is 0 Å². The van der Waals surface area contributed by atoms with Gasteiger partial charge in [-0.25, -0.2) is 0 Å². The molecule has 0 bridgehead atoms. The molecule has 0 unspecified atom stereocenters. The van der Waals surface area contributed by atoms with Crippen LogP contribution in [0.15, 0.2) is 24.4 Å². The normalized spacial score (nSPS) is 10.8. The molecule has 0 spiro atoms. The second-order valence-electron chi connectivity index (χ2n) is 2.83. The minimum atomic E-state index is 1.09. The maximum Gasteiger partial charge on any atom is 0.0497 e. The van der Waals surface area contributed by atoms with Crippen LogP contribution >= 0.6 is 22.6 Å². The monoisotopic (exact) mass is 271 g/mol. The van der Waals surface area contributed by atoms with Gasteiger partial charge < -0.3 is 4.98 Å². The first-order chi connectivity index (χ1) is 5.83. The number of rotatable bonds is 1. The highest BCUT2D eigenvalue weighted by Gasteiger charge is 2.02. The highest BCUT2D eigenvalue weighted by Crippen LogP contribution is 2.22. The van der Waals surface area contributed by atoms with Gasteiger partial charge in [0.05, 0.1) is 0 Å². The fourth-order valence-corrected chi connectivity index (χ4v) is 2.08. The van der Waals surface area contributed by atoms with Crippen LogP contribution in [0.5, 0.6) is 0 Å². The summed E-state index contributed by atoms with van der Waals surface area (Å²) >= 11 is 2.36. The van der Waals surface area contributed by atoms with E-state index in [1.54, 1.807) is 0 Å². The summed E-state index contributed by atoms with van der Waals surface area (Å²) in [5.74, 6) is 0. The molecule has 0 aliphatic rings. The molecule has 1 nitrogen and oxygen atoms in total. The lowest BCUT2D eigenvalue weighted by atomic mass is 10.1. The third-order valence-electron chi connectivity index (χ3n) is 2.13. The molecule has 1 N–H and O–H groups in total. The minimum absolute atomic E-state index is 1.09. The molecule has 2 rings (SSSR count). The van der Waals surface area contributed by atoms with E-state index in [9.17, 15) is 0 Å². The summed E-state index contributed by atoms with van der Waals surface area (Å²) in [5, 5.41) is 1.34. The van der Waals surface area contributed by atoms with Gasteiger partial charge in [0.25, 0.3) is 0 Å². The molecule has 0 fully saturated rings. The van der Waals surface area contributed by atoms with Crippen molar-refractivity contribution in [3.63, 3.8) is 0 Å². The van der Waals surface area contributed by atoms with Crippen LogP contribution in [0.25, 0.3) is 10.9 Å². The van der Waals surface area contributed by atoms with Crippen LogP contribution in [0.3, 0.4) is 0 Å². The molecule has 0 aliphatic carbocycles. The summed E-state index contributed by atoms with van der Waals surface area (Å²) in [6.45, 7) is 2.18. The van der Waals surface area contributed by atoms with Gasteiger partial charge in [0.15, 0.2) is 0 Å². The summed E-state index contributed by atoms with van der Waals surface area (Å²) in [4.78, 5) is 3.30. The molecule has 2 aromatic rings. The molecular weight excluding hydrogens is 261 g/mol. The Morgan fingerprint density at radius 2 is 2.25 bits per heavy atom. The maximum atomic E-state index is 3.30. The molecule has 62 valence electrons. The number of halogens is 1. The van der Waals surface area contributed by atoms with Gasteiger partial charge in [-0.2, -0.15) is 0 Å². The van der Waals surface area contributed by atoms with Crippen molar-refractivity contribution < 1.29 is 0 Å². The van der Waals surface area contributed by atoms with Crippen LogP contribution in [0.1, 0.15) is 12.5 Å². The molecule has 1 heterocycles. The van der Waals surface area contributed by atoms with E-state index in [-0.39, 0.29) is 0 Å². The Hall–Kier alpha value is -0.510. The van der Waals surface area contributed by atoms with Crippen LogP contribution < -0.4 is 0 Å². The zero-order valence-corrected chi connectivity index (χ0v) is 9.05. The van der Waals surface area contributed by atoms with Crippen LogP contribution in [0.4, 0.5) is 0 Å². The van der Waals surface area contributed by atoms with E-state index < -0.39 is 0 Å². The molecule has 0 atom stereocenters. The number of aryl methyl sites for hydroxylation is 1. The van der Waals surface area contributed by atoms with Crippen molar-refractivity contribution in [2.45, 2.75) is 13.3 Å². The van der Waals surface area contributed by atoms with Gasteiger partial charge in [-0.1, -0.05) is 25.1 Å². The van der Waals surface area contributed by atoms with Crippen LogP contribution in [0.2, 0.25) is 0 Å². The zero-order chi connectivity index (χ0) is 8.55. The topological polar surface area (TPSA) is 15.8 Å². The number of aromatic amines is 1. The van der Waals surface area contributed by atoms with E-state index in [1.165, 1.54) is 20.0 Å². The molecule has 1 aromatic heterocycles. The Labute approximate surface area is 85.3 Å². The lowest BCUT2D eigenvalue weighted by molar-refractivity contribution is 1.15. The van der Waals surface area contributed by atoms with Crippen molar-refractivity contribution in [2.24, 2.45) is 0 Å². The second kappa shape index (κ2) is 3.09. The average Bonchev–Trinajstić information content (AvgIpc) is 2.48. The van der Waals surface area contributed by atoms with Gasteiger partial charge in [0.2, 0.25) is 0 Å². The largest absolute Gasteiger partial charge is 0.360 e. The quantitative estimate of drug-likeness (QED) is 0.766. The number of aromatic nitrogens is 1. The number of para-hydroxylation sites is 1. The molecule has 2 heteroatoms. The first-order valence-corrected chi connectivity index (χ1v) is 5.15. The molecule has 1 aromatic carbocycles. The summed E-state index contributed by atoms with van der Waals surface area (Å²) < 4.78 is 1.30. The third kappa shape index (κ3) is 1.14. The highest BCUT2D eigenvalue weighted by atomic mass is 127. The number of fused-ring (bicyclic) bond motifs is 1. The lowest BCUT2D eigenvalue weighted by Crippen LogP contribution is -1.81. The number of H-pyrrole nitrogens is 1. The standard InChI is InChI=1S/C10H10IN/c1-2-7-4-3-5-8-9(11)6-12-10(7)8/h3-6,12H,2H2,1H3. The Morgan fingerprint density at radius 3 is 3.00 bits per heavy atom. The van der Waals surface area contributed by atoms with Gasteiger partial charge in [-0.05, 0) is 34.6 Å². The van der Waals surface area contributed by atoms with Gasteiger partial charge in [-0.3, -0.25) is 0 Å². The molecule has 0 saturated carbocycles. The smallest absolute Gasteiger partial charge is 0.0497 e. The zero-order valence-electron chi connectivity index (χ0n) is 6.89. The summed E-state index contributed by atoms with van der Waals surface area (Å²) in [6, 6.07) is 6.46. The summed E-state index contributed by atoms with van der Waals surface area (Å²) in [7, 11) is 0. The van der Waals surface area contributed by atoms with Gasteiger partial charge in [0, 0.05) is 20.7 Å². The second-order valence-corrected chi connectivity index (χ2v) is 3.99. The average molecular weight is 271 g/mol. The Morgan fingerprint density at radius 1 is 1.42 bits per heavy atom. The van der Waals surface area contributed by atoms with Crippen molar-refractivity contribution in [1.29, 1.82) is 0 Å². The lowest BCUT2D eigenvalue weighted by Gasteiger charge is -1.97. The van der Waals surface area contributed by atoms with E-state index >= 15 is 0 Å². The molecule has 0 aliphatic heterocycles. The van der Waals surface area contributed by atoms with Crippen molar-refractivity contribution in [1.82, 2.24) is 4.98 Å². The fraction of sp³-hybridized carbons (Fsp3) is 0.200. The number of hydrogen-bond donors (Lipinski definition) is 1. The Kier molecular flexibility index (Phi) is 2.09. The van der Waals surface area contributed by atoms with E-state index in [0.29, 0.717) is 0 Å². The minimum Gasteiger partial charge on any atom is -0.360 e. The van der Waals surface area contributed by atoms with Crippen molar-refractivity contribution in [2.75, 3.05) is 0 Å². The predicted octanol–water partition coefficient (Wildman–Crippen LogP) is 3.33. The van der Waals surface area contributed by atoms with E-state index in [0.717, 1.165) is 6.42 Å². The summed E-state index contributed by atoms with van der Waals surface area (Å²) in [5.41, 5.74) is 2.69. The SMILES string of the molecule is CCc1cccc2c(I)c[nH]c12. The molecule has 0 radical (unpaired) electrons. The van der Waals surface area contributed by atoms with Gasteiger partial charge >= 0.3 is 0 Å². The third-order valence-corrected chi connectivity index (χ3v) is 3.02. The number of hydrogen-bond acceptors (Lipinski definition) is 0. The van der Waals surface area contributed by atoms with Crippen molar-refractivity contribution in [3.05, 3.63) is 33.5 Å². The molecule has 0 saturated heterocycles. The summed E-state index contributed by atoms with van der Waals surface area (Å²) in [6.07, 6.45) is 3.15. The Bertz CT molecular complexity index is 403. The first kappa shape index (κ1) is 8.10. The molecule has 12 heavy (non-hydrogen) atoms. The number of nitrogens with one attached hydrogen (secondary N) is 1. The number of benzene rings is 1. The maximum absolute atomic E-state index is 3.30. The van der Waals surface area contributed by atoms with Crippen LogP contribution in [-0.2, 0) is 6.42 Å².